The van der Waals surface area contributed by atoms with E-state index >= 15 is 0 Å². The predicted molar refractivity (Wildman–Crippen MR) is 45.7 cm³/mol. The summed E-state index contributed by atoms with van der Waals surface area (Å²) in [6.07, 6.45) is 0. The fourth-order valence-electron chi connectivity index (χ4n) is 0.916. The van der Waals surface area contributed by atoms with Gasteiger partial charge in [-0.25, -0.2) is 0 Å². The van der Waals surface area contributed by atoms with Crippen molar-refractivity contribution in [1.29, 1.82) is 0 Å². The van der Waals surface area contributed by atoms with E-state index in [0.29, 0.717) is 13.2 Å². The van der Waals surface area contributed by atoms with Crippen molar-refractivity contribution in [2.24, 2.45) is 0 Å². The largest absolute Gasteiger partial charge is 0.395 e. The first-order valence-electron chi connectivity index (χ1n) is 3.85. The summed E-state index contributed by atoms with van der Waals surface area (Å²) in [5.41, 5.74) is 0.0114. The Morgan fingerprint density at radius 3 is 2.36 bits per heavy atom. The highest BCUT2D eigenvalue weighted by molar-refractivity contribution is 4.78. The number of aliphatic hydroxyl groups is 1. The van der Waals surface area contributed by atoms with Crippen LogP contribution in [0.4, 0.5) is 0 Å². The summed E-state index contributed by atoms with van der Waals surface area (Å²) in [7, 11) is 3.67. The second kappa shape index (κ2) is 4.70. The minimum atomic E-state index is 0.0114. The average Bonchev–Trinajstić information content (AvgIpc) is 1.88. The smallest absolute Gasteiger partial charge is 0.0641 e. The number of rotatable bonds is 5. The minimum Gasteiger partial charge on any atom is -0.395 e. The molecule has 3 heteroatoms. The lowest BCUT2D eigenvalue weighted by Gasteiger charge is -2.34. The van der Waals surface area contributed by atoms with Gasteiger partial charge in [-0.15, -0.1) is 0 Å². The van der Waals surface area contributed by atoms with E-state index < -0.39 is 0 Å². The van der Waals surface area contributed by atoms with E-state index in [4.69, 9.17) is 9.84 Å². The number of aliphatic hydroxyl groups excluding tert-OH is 1. The first-order chi connectivity index (χ1) is 5.04. The number of methoxy groups -OCH3 is 1. The van der Waals surface area contributed by atoms with Crippen molar-refractivity contribution in [3.8, 4) is 0 Å². The first-order valence-corrected chi connectivity index (χ1v) is 3.85. The van der Waals surface area contributed by atoms with E-state index in [-0.39, 0.29) is 12.1 Å². The van der Waals surface area contributed by atoms with Crippen LogP contribution in [0.1, 0.15) is 13.8 Å². The zero-order chi connectivity index (χ0) is 8.91. The molecule has 68 valence electrons. The highest BCUT2D eigenvalue weighted by atomic mass is 16.5. The highest BCUT2D eigenvalue weighted by Crippen LogP contribution is 2.11. The van der Waals surface area contributed by atoms with Crippen LogP contribution < -0.4 is 0 Å². The summed E-state index contributed by atoms with van der Waals surface area (Å²) >= 11 is 0. The Labute approximate surface area is 69.0 Å². The Morgan fingerprint density at radius 1 is 1.45 bits per heavy atom. The minimum absolute atomic E-state index is 0.0114. The van der Waals surface area contributed by atoms with Gasteiger partial charge in [0.25, 0.3) is 0 Å². The predicted octanol–water partition coefficient (Wildman–Crippen LogP) is 0.336. The van der Waals surface area contributed by atoms with E-state index in [9.17, 15) is 0 Å². The van der Waals surface area contributed by atoms with Crippen LogP contribution in [0.15, 0.2) is 0 Å². The SMILES string of the molecule is COCC(C)(C)N(C)CCO. The van der Waals surface area contributed by atoms with E-state index in [1.54, 1.807) is 7.11 Å². The summed E-state index contributed by atoms with van der Waals surface area (Å²) in [4.78, 5) is 2.08. The summed E-state index contributed by atoms with van der Waals surface area (Å²) in [6.45, 7) is 5.75. The summed E-state index contributed by atoms with van der Waals surface area (Å²) in [5, 5.41) is 8.69. The van der Waals surface area contributed by atoms with Crippen molar-refractivity contribution >= 4 is 0 Å². The maximum absolute atomic E-state index is 8.69. The van der Waals surface area contributed by atoms with E-state index in [1.807, 2.05) is 7.05 Å². The molecule has 0 aromatic carbocycles. The van der Waals surface area contributed by atoms with Crippen molar-refractivity contribution in [3.63, 3.8) is 0 Å². The van der Waals surface area contributed by atoms with Crippen molar-refractivity contribution in [2.45, 2.75) is 19.4 Å². The topological polar surface area (TPSA) is 32.7 Å². The molecule has 0 fully saturated rings. The third kappa shape index (κ3) is 3.70. The van der Waals surface area contributed by atoms with Crippen LogP contribution in [0.5, 0.6) is 0 Å². The molecule has 0 aliphatic rings. The number of likely N-dealkylation sites (N-methyl/N-ethyl adjacent to an activating group) is 1. The Hall–Kier alpha value is -0.120. The standard InChI is InChI=1S/C8H19NO2/c1-8(2,7-11-4)9(3)5-6-10/h10H,5-7H2,1-4H3. The van der Waals surface area contributed by atoms with Crippen molar-refractivity contribution in [2.75, 3.05) is 33.9 Å². The average molecular weight is 161 g/mol. The van der Waals surface area contributed by atoms with Crippen LogP contribution in [0.2, 0.25) is 0 Å². The Bertz CT molecular complexity index is 104. The number of hydrogen-bond donors (Lipinski definition) is 1. The second-order valence-electron chi connectivity index (χ2n) is 3.39. The number of nitrogens with zero attached hydrogens (tertiary/aromatic N) is 1. The zero-order valence-electron chi connectivity index (χ0n) is 7.92. The molecule has 0 saturated carbocycles. The first kappa shape index (κ1) is 10.9. The third-order valence-corrected chi connectivity index (χ3v) is 1.97. The monoisotopic (exact) mass is 161 g/mol. The van der Waals surface area contributed by atoms with E-state index in [0.717, 1.165) is 0 Å². The summed E-state index contributed by atoms with van der Waals surface area (Å²) in [5.74, 6) is 0. The number of hydrogen-bond acceptors (Lipinski definition) is 3. The van der Waals surface area contributed by atoms with Crippen LogP contribution in [-0.2, 0) is 4.74 Å². The lowest BCUT2D eigenvalue weighted by molar-refractivity contribution is 0.0408. The fourth-order valence-corrected chi connectivity index (χ4v) is 0.916. The molecule has 11 heavy (non-hydrogen) atoms. The quantitative estimate of drug-likeness (QED) is 0.631. The summed E-state index contributed by atoms with van der Waals surface area (Å²) < 4.78 is 5.05. The molecule has 0 bridgehead atoms. The third-order valence-electron chi connectivity index (χ3n) is 1.97. The van der Waals surface area contributed by atoms with E-state index in [1.165, 1.54) is 0 Å². The van der Waals surface area contributed by atoms with Crippen molar-refractivity contribution < 1.29 is 9.84 Å². The van der Waals surface area contributed by atoms with Crippen molar-refractivity contribution in [3.05, 3.63) is 0 Å². The molecule has 0 rings (SSSR count). The van der Waals surface area contributed by atoms with Gasteiger partial charge in [-0.3, -0.25) is 4.90 Å². The Kier molecular flexibility index (Phi) is 4.65. The van der Waals surface area contributed by atoms with Gasteiger partial charge in [-0.2, -0.15) is 0 Å². The molecule has 0 amide bonds. The Morgan fingerprint density at radius 2 is 2.00 bits per heavy atom. The molecular formula is C8H19NO2. The van der Waals surface area contributed by atoms with Crippen LogP contribution in [0, 0.1) is 0 Å². The van der Waals surface area contributed by atoms with Gasteiger partial charge in [0.2, 0.25) is 0 Å². The van der Waals surface area contributed by atoms with Gasteiger partial charge in [-0.1, -0.05) is 0 Å². The van der Waals surface area contributed by atoms with Gasteiger partial charge in [-0.05, 0) is 20.9 Å². The van der Waals surface area contributed by atoms with Gasteiger partial charge in [0.05, 0.1) is 13.2 Å². The fraction of sp³-hybridized carbons (Fsp3) is 1.00. The van der Waals surface area contributed by atoms with Gasteiger partial charge in [0.15, 0.2) is 0 Å². The molecular weight excluding hydrogens is 142 g/mol. The van der Waals surface area contributed by atoms with E-state index in [2.05, 4.69) is 18.7 Å². The lowest BCUT2D eigenvalue weighted by atomic mass is 10.1. The van der Waals surface area contributed by atoms with Crippen LogP contribution in [0.25, 0.3) is 0 Å². The molecule has 1 N–H and O–H groups in total. The van der Waals surface area contributed by atoms with Crippen LogP contribution >= 0.6 is 0 Å². The molecule has 0 aromatic rings. The molecule has 0 atom stereocenters. The number of ether oxygens (including phenoxy) is 1. The molecule has 0 radical (unpaired) electrons. The maximum atomic E-state index is 8.69. The molecule has 0 unspecified atom stereocenters. The second-order valence-corrected chi connectivity index (χ2v) is 3.39. The van der Waals surface area contributed by atoms with Crippen molar-refractivity contribution in [1.82, 2.24) is 4.90 Å². The number of β-amino-alcohol motifs (C(OH)–C–C–N with tert-alkyl or cyclic N) is 1. The Balaban J connectivity index is 3.83. The summed E-state index contributed by atoms with van der Waals surface area (Å²) in [6, 6.07) is 0. The molecule has 0 saturated heterocycles. The normalized spacial score (nSPS) is 12.5. The molecule has 0 heterocycles. The van der Waals surface area contributed by atoms with Crippen LogP contribution in [0.3, 0.4) is 0 Å². The molecule has 3 nitrogen and oxygen atoms in total. The highest BCUT2D eigenvalue weighted by Gasteiger charge is 2.22. The van der Waals surface area contributed by atoms with Gasteiger partial charge < -0.3 is 9.84 Å². The zero-order valence-corrected chi connectivity index (χ0v) is 7.92. The molecule has 0 aromatic heterocycles. The molecule has 0 aliphatic carbocycles. The van der Waals surface area contributed by atoms with Gasteiger partial charge in [0, 0.05) is 19.2 Å². The maximum Gasteiger partial charge on any atom is 0.0641 e. The molecule has 0 spiro atoms. The van der Waals surface area contributed by atoms with Gasteiger partial charge >= 0.3 is 0 Å². The molecule has 0 aliphatic heterocycles. The van der Waals surface area contributed by atoms with Gasteiger partial charge in [0.1, 0.15) is 0 Å². The van der Waals surface area contributed by atoms with Crippen LogP contribution in [-0.4, -0.2) is 49.5 Å². The lowest BCUT2D eigenvalue weighted by Crippen LogP contribution is -2.45.